The molecule has 0 aliphatic carbocycles. The van der Waals surface area contributed by atoms with Gasteiger partial charge in [0.25, 0.3) is 10.0 Å². The number of rotatable bonds is 5. The van der Waals surface area contributed by atoms with Gasteiger partial charge in [-0.15, -0.1) is 10.2 Å². The van der Waals surface area contributed by atoms with E-state index in [9.17, 15) is 8.42 Å². The maximum absolute atomic E-state index is 12.7. The first-order chi connectivity index (χ1) is 15.9. The Balaban J connectivity index is 1.35. The van der Waals surface area contributed by atoms with E-state index in [1.165, 1.54) is 30.5 Å². The molecule has 0 spiro atoms. The summed E-state index contributed by atoms with van der Waals surface area (Å²) in [5.74, 6) is 0.450. The van der Waals surface area contributed by atoms with Gasteiger partial charge < -0.3 is 15.7 Å². The number of sulfonamides is 1. The van der Waals surface area contributed by atoms with Crippen molar-refractivity contribution in [1.82, 2.24) is 29.9 Å². The van der Waals surface area contributed by atoms with E-state index in [4.69, 9.17) is 18.0 Å². The predicted molar refractivity (Wildman–Crippen MR) is 124 cm³/mol. The molecule has 5 N–H and O–H groups in total. The number of nitrogen functional groups attached to an aromatic ring is 1. The normalized spacial score (nSPS) is 12.0. The molecule has 0 saturated carbocycles. The molecule has 0 radical (unpaired) electrons. The molecule has 0 bridgehead atoms. The van der Waals surface area contributed by atoms with Crippen molar-refractivity contribution in [2.75, 3.05) is 10.5 Å². The number of nitrogens with two attached hydrogens (primary N) is 1. The molecule has 5 aromatic rings. The highest BCUT2D eigenvalue weighted by molar-refractivity contribution is 7.92. The number of imidazole rings is 1. The molecule has 14 heteroatoms. The SMILES string of the molecule is Nc1nc(=S)c2[nH]c(N=Nc3ccc(S(=O)(=O)Nc4cnc5ccccc5n4)cc3)nc2[nH]1. The first-order valence-electron chi connectivity index (χ1n) is 9.39. The van der Waals surface area contributed by atoms with Crippen molar-refractivity contribution >= 4 is 67.8 Å². The maximum atomic E-state index is 12.7. The van der Waals surface area contributed by atoms with Crippen LogP contribution in [0.1, 0.15) is 0 Å². The molecule has 0 aliphatic rings. The second-order valence-electron chi connectivity index (χ2n) is 6.75. The molecule has 164 valence electrons. The van der Waals surface area contributed by atoms with Gasteiger partial charge in [0, 0.05) is 0 Å². The lowest BCUT2D eigenvalue weighted by Gasteiger charge is -2.07. The Morgan fingerprint density at radius 2 is 1.70 bits per heavy atom. The largest absolute Gasteiger partial charge is 0.369 e. The van der Waals surface area contributed by atoms with Gasteiger partial charge in [-0.05, 0) is 36.4 Å². The summed E-state index contributed by atoms with van der Waals surface area (Å²) in [5, 5.41) is 8.07. The van der Waals surface area contributed by atoms with E-state index in [1.54, 1.807) is 18.2 Å². The van der Waals surface area contributed by atoms with Crippen molar-refractivity contribution in [2.24, 2.45) is 10.2 Å². The van der Waals surface area contributed by atoms with E-state index in [2.05, 4.69) is 44.9 Å². The number of hydrogen-bond donors (Lipinski definition) is 4. The monoisotopic (exact) mass is 478 g/mol. The molecule has 3 aromatic heterocycles. The van der Waals surface area contributed by atoms with E-state index < -0.39 is 10.0 Å². The lowest BCUT2D eigenvalue weighted by Crippen LogP contribution is -2.14. The highest BCUT2D eigenvalue weighted by atomic mass is 32.2. The second-order valence-corrected chi connectivity index (χ2v) is 8.82. The fourth-order valence-electron chi connectivity index (χ4n) is 2.97. The second kappa shape index (κ2) is 7.99. The molecule has 33 heavy (non-hydrogen) atoms. The highest BCUT2D eigenvalue weighted by Crippen LogP contribution is 2.22. The summed E-state index contributed by atoms with van der Waals surface area (Å²) in [6.07, 6.45) is 1.37. The van der Waals surface area contributed by atoms with E-state index >= 15 is 0 Å². The number of fused-ring (bicyclic) bond motifs is 2. The third-order valence-electron chi connectivity index (χ3n) is 4.47. The Labute approximate surface area is 191 Å². The molecule has 0 fully saturated rings. The summed E-state index contributed by atoms with van der Waals surface area (Å²) in [6.45, 7) is 0. The van der Waals surface area contributed by atoms with Crippen molar-refractivity contribution < 1.29 is 8.42 Å². The minimum absolute atomic E-state index is 0.0343. The number of nitrogens with zero attached hydrogens (tertiary/aromatic N) is 6. The number of aromatic nitrogens is 6. The van der Waals surface area contributed by atoms with Gasteiger partial charge in [-0.1, -0.05) is 24.4 Å². The zero-order valence-corrected chi connectivity index (χ0v) is 18.2. The van der Waals surface area contributed by atoms with Crippen LogP contribution in [0.4, 0.5) is 23.4 Å². The lowest BCUT2D eigenvalue weighted by molar-refractivity contribution is 0.601. The summed E-state index contributed by atoms with van der Waals surface area (Å²) < 4.78 is 28.1. The van der Waals surface area contributed by atoms with Gasteiger partial charge >= 0.3 is 0 Å². The highest BCUT2D eigenvalue weighted by Gasteiger charge is 2.15. The van der Waals surface area contributed by atoms with Gasteiger partial charge in [0.1, 0.15) is 5.52 Å². The van der Waals surface area contributed by atoms with Crippen molar-refractivity contribution in [3.63, 3.8) is 0 Å². The van der Waals surface area contributed by atoms with Crippen molar-refractivity contribution in [3.8, 4) is 0 Å². The smallest absolute Gasteiger partial charge is 0.263 e. The standard InChI is InChI=1S/C19H14N10O2S2/c20-18-24-16-15(17(32)26-18)23-19(25-16)28-27-10-5-7-11(8-6-10)33(30,31)29-14-9-21-12-3-1-2-4-13(12)22-14/h1-9H,(H,22,29)(H4,20,23,24,25,26,32). The number of benzene rings is 2. The summed E-state index contributed by atoms with van der Waals surface area (Å²) in [6, 6.07) is 13.0. The van der Waals surface area contributed by atoms with Crippen LogP contribution >= 0.6 is 12.2 Å². The van der Waals surface area contributed by atoms with Crippen LogP contribution in [0, 0.1) is 4.64 Å². The molecule has 0 unspecified atom stereocenters. The Kier molecular flexibility index (Phi) is 4.99. The summed E-state index contributed by atoms with van der Waals surface area (Å²) >= 11 is 5.13. The van der Waals surface area contributed by atoms with E-state index in [-0.39, 0.29) is 27.3 Å². The fourth-order valence-corrected chi connectivity index (χ4v) is 4.20. The third-order valence-corrected chi connectivity index (χ3v) is 6.13. The average molecular weight is 479 g/mol. The van der Waals surface area contributed by atoms with Crippen LogP contribution in [0.15, 0.2) is 69.9 Å². The zero-order valence-electron chi connectivity index (χ0n) is 16.6. The Morgan fingerprint density at radius 3 is 2.48 bits per heavy atom. The molecule has 0 amide bonds. The number of anilines is 2. The lowest BCUT2D eigenvalue weighted by atomic mass is 10.3. The molecule has 12 nitrogen and oxygen atoms in total. The number of azo groups is 1. The number of aromatic amines is 2. The van der Waals surface area contributed by atoms with Crippen LogP contribution in [0.25, 0.3) is 22.2 Å². The maximum Gasteiger partial charge on any atom is 0.263 e. The quantitative estimate of drug-likeness (QED) is 0.218. The third kappa shape index (κ3) is 4.24. The van der Waals surface area contributed by atoms with Crippen molar-refractivity contribution in [2.45, 2.75) is 4.90 Å². The number of nitrogens with one attached hydrogen (secondary N) is 3. The van der Waals surface area contributed by atoms with Crippen LogP contribution in [0.3, 0.4) is 0 Å². The average Bonchev–Trinajstić information content (AvgIpc) is 3.21. The van der Waals surface area contributed by atoms with Crippen LogP contribution in [0.5, 0.6) is 0 Å². The van der Waals surface area contributed by atoms with Gasteiger partial charge in [0.15, 0.2) is 16.1 Å². The van der Waals surface area contributed by atoms with Gasteiger partial charge in [-0.25, -0.2) is 18.4 Å². The first-order valence-corrected chi connectivity index (χ1v) is 11.3. The molecular weight excluding hydrogens is 464 g/mol. The van der Waals surface area contributed by atoms with Gasteiger partial charge in [-0.2, -0.15) is 4.98 Å². The summed E-state index contributed by atoms with van der Waals surface area (Å²) in [4.78, 5) is 22.3. The Bertz CT molecular complexity index is 1690. The first kappa shape index (κ1) is 20.6. The Hall–Kier alpha value is -4.30. The minimum atomic E-state index is -3.87. The molecule has 2 aromatic carbocycles. The number of para-hydroxylation sites is 2. The molecule has 5 rings (SSSR count). The van der Waals surface area contributed by atoms with Crippen LogP contribution in [0.2, 0.25) is 0 Å². The van der Waals surface area contributed by atoms with E-state index in [0.717, 1.165) is 0 Å². The molecule has 0 aliphatic heterocycles. The molecular formula is C19H14N10O2S2. The summed E-state index contributed by atoms with van der Waals surface area (Å²) in [5.41, 5.74) is 8.18. The topological polar surface area (TPSA) is 180 Å². The zero-order chi connectivity index (χ0) is 23.0. The van der Waals surface area contributed by atoms with Gasteiger partial charge in [0.2, 0.25) is 11.9 Å². The van der Waals surface area contributed by atoms with Crippen LogP contribution in [-0.4, -0.2) is 38.3 Å². The van der Waals surface area contributed by atoms with Gasteiger partial charge in [0.05, 0.1) is 27.8 Å². The van der Waals surface area contributed by atoms with Crippen LogP contribution < -0.4 is 10.5 Å². The Morgan fingerprint density at radius 1 is 0.939 bits per heavy atom. The van der Waals surface area contributed by atoms with Gasteiger partial charge in [-0.3, -0.25) is 9.71 Å². The molecule has 3 heterocycles. The van der Waals surface area contributed by atoms with Crippen molar-refractivity contribution in [3.05, 3.63) is 59.4 Å². The van der Waals surface area contributed by atoms with Crippen molar-refractivity contribution in [1.29, 1.82) is 0 Å². The van der Waals surface area contributed by atoms with E-state index in [1.807, 2.05) is 6.07 Å². The molecule has 0 atom stereocenters. The van der Waals surface area contributed by atoms with E-state index in [0.29, 0.717) is 27.9 Å². The predicted octanol–water partition coefficient (Wildman–Crippen LogP) is 3.76. The number of H-pyrrole nitrogens is 2. The fraction of sp³-hybridized carbons (Fsp3) is 0. The minimum Gasteiger partial charge on any atom is -0.369 e. The van der Waals surface area contributed by atoms with Crippen LogP contribution in [-0.2, 0) is 10.0 Å². The molecule has 0 saturated heterocycles. The summed E-state index contributed by atoms with van der Waals surface area (Å²) in [7, 11) is -3.87. The number of hydrogen-bond acceptors (Lipinski definition) is 10.